The maximum absolute atomic E-state index is 12.2. The standard InChI is InChI=1S/C19H24N4O3S/c1-26-15-7-5-14(6-8-15)23-18(25)16(17(24)21-19(23)27)13-20-9-12-22-10-3-2-4-11-22/h5-8,13,25H,2-4,9-12H2,1H3,(H,21,24,27). The summed E-state index contributed by atoms with van der Waals surface area (Å²) in [5.74, 6) is 0.462. The first kappa shape index (κ1) is 19.3. The molecule has 7 nitrogen and oxygen atoms in total. The van der Waals surface area contributed by atoms with Crippen molar-refractivity contribution in [2.24, 2.45) is 4.99 Å². The fraction of sp³-hybridized carbons (Fsp3) is 0.421. The molecule has 8 heteroatoms. The van der Waals surface area contributed by atoms with Crippen LogP contribution in [0.4, 0.5) is 0 Å². The molecule has 2 heterocycles. The van der Waals surface area contributed by atoms with E-state index in [2.05, 4.69) is 14.9 Å². The van der Waals surface area contributed by atoms with E-state index in [1.165, 1.54) is 30.0 Å². The van der Waals surface area contributed by atoms with Crippen LogP contribution in [-0.4, -0.2) is 59.1 Å². The van der Waals surface area contributed by atoms with Crippen molar-refractivity contribution in [1.82, 2.24) is 14.5 Å². The normalized spacial score (nSPS) is 15.3. The van der Waals surface area contributed by atoms with Crippen molar-refractivity contribution < 1.29 is 9.84 Å². The van der Waals surface area contributed by atoms with E-state index in [0.717, 1.165) is 19.6 Å². The number of hydrogen-bond acceptors (Lipinski definition) is 6. The van der Waals surface area contributed by atoms with Gasteiger partial charge >= 0.3 is 0 Å². The van der Waals surface area contributed by atoms with Crippen LogP contribution in [0.25, 0.3) is 5.69 Å². The molecule has 27 heavy (non-hydrogen) atoms. The first-order valence-electron chi connectivity index (χ1n) is 9.05. The third-order valence-corrected chi connectivity index (χ3v) is 4.95. The SMILES string of the molecule is COc1ccc(-n2c(O)c(C=NCCN3CCCCC3)c(=O)[nH]c2=S)cc1. The van der Waals surface area contributed by atoms with Crippen LogP contribution in [0.15, 0.2) is 34.1 Å². The third-order valence-electron chi connectivity index (χ3n) is 4.67. The molecule has 1 saturated heterocycles. The number of methoxy groups -OCH3 is 1. The molecule has 0 radical (unpaired) electrons. The Labute approximate surface area is 162 Å². The minimum absolute atomic E-state index is 0.0954. The highest BCUT2D eigenvalue weighted by Crippen LogP contribution is 2.21. The minimum atomic E-state index is -0.455. The van der Waals surface area contributed by atoms with Gasteiger partial charge in [-0.3, -0.25) is 19.3 Å². The van der Waals surface area contributed by atoms with Gasteiger partial charge in [-0.25, -0.2) is 0 Å². The molecule has 0 bridgehead atoms. The molecular weight excluding hydrogens is 364 g/mol. The van der Waals surface area contributed by atoms with Gasteiger partial charge in [-0.15, -0.1) is 0 Å². The Hall–Kier alpha value is -2.45. The summed E-state index contributed by atoms with van der Waals surface area (Å²) in [6, 6.07) is 7.02. The molecular formula is C19H24N4O3S. The molecule has 0 spiro atoms. The summed E-state index contributed by atoms with van der Waals surface area (Å²) in [7, 11) is 1.58. The van der Waals surface area contributed by atoms with Crippen molar-refractivity contribution in [1.29, 1.82) is 0 Å². The monoisotopic (exact) mass is 388 g/mol. The lowest BCUT2D eigenvalue weighted by Crippen LogP contribution is -2.31. The lowest BCUT2D eigenvalue weighted by molar-refractivity contribution is 0.235. The van der Waals surface area contributed by atoms with Gasteiger partial charge in [-0.1, -0.05) is 6.42 Å². The van der Waals surface area contributed by atoms with Gasteiger partial charge in [-0.05, 0) is 62.4 Å². The zero-order valence-electron chi connectivity index (χ0n) is 15.4. The number of rotatable bonds is 6. The van der Waals surface area contributed by atoms with Crippen LogP contribution < -0.4 is 10.3 Å². The summed E-state index contributed by atoms with van der Waals surface area (Å²) in [6.07, 6.45) is 5.17. The lowest BCUT2D eigenvalue weighted by atomic mass is 10.1. The Kier molecular flexibility index (Phi) is 6.41. The number of nitrogens with one attached hydrogen (secondary N) is 1. The summed E-state index contributed by atoms with van der Waals surface area (Å²) in [4.78, 5) is 21.5. The Balaban J connectivity index is 1.81. The number of benzene rings is 1. The number of likely N-dealkylation sites (tertiary alicyclic amines) is 1. The second-order valence-corrected chi connectivity index (χ2v) is 6.85. The smallest absolute Gasteiger partial charge is 0.264 e. The Morgan fingerprint density at radius 2 is 1.96 bits per heavy atom. The maximum atomic E-state index is 12.2. The highest BCUT2D eigenvalue weighted by Gasteiger charge is 2.13. The summed E-state index contributed by atoms with van der Waals surface area (Å²) < 4.78 is 6.67. The average molecular weight is 388 g/mol. The molecule has 144 valence electrons. The number of hydrogen-bond donors (Lipinski definition) is 2. The van der Waals surface area contributed by atoms with E-state index >= 15 is 0 Å². The largest absolute Gasteiger partial charge is 0.497 e. The van der Waals surface area contributed by atoms with E-state index in [1.807, 2.05) is 0 Å². The highest BCUT2D eigenvalue weighted by molar-refractivity contribution is 7.71. The van der Waals surface area contributed by atoms with Crippen molar-refractivity contribution in [2.75, 3.05) is 33.3 Å². The topological polar surface area (TPSA) is 82.8 Å². The predicted octanol–water partition coefficient (Wildman–Crippen LogP) is 2.51. The zero-order chi connectivity index (χ0) is 19.2. The van der Waals surface area contributed by atoms with Crippen LogP contribution in [0, 0.1) is 4.77 Å². The van der Waals surface area contributed by atoms with Crippen LogP contribution in [0.5, 0.6) is 11.6 Å². The first-order chi connectivity index (χ1) is 13.1. The van der Waals surface area contributed by atoms with Gasteiger partial charge in [0.2, 0.25) is 5.88 Å². The molecule has 1 aromatic heterocycles. The molecule has 2 aromatic rings. The molecule has 3 rings (SSSR count). The van der Waals surface area contributed by atoms with Crippen LogP contribution in [0.3, 0.4) is 0 Å². The van der Waals surface area contributed by atoms with E-state index in [1.54, 1.807) is 31.4 Å². The van der Waals surface area contributed by atoms with Crippen molar-refractivity contribution >= 4 is 18.4 Å². The van der Waals surface area contributed by atoms with E-state index in [0.29, 0.717) is 18.0 Å². The summed E-state index contributed by atoms with van der Waals surface area (Å²) in [5, 5.41) is 10.6. The third kappa shape index (κ3) is 4.64. The molecule has 0 atom stereocenters. The number of H-pyrrole nitrogens is 1. The molecule has 0 amide bonds. The second-order valence-electron chi connectivity index (χ2n) is 6.47. The average Bonchev–Trinajstić information content (AvgIpc) is 2.68. The van der Waals surface area contributed by atoms with Gasteiger partial charge in [0.1, 0.15) is 11.3 Å². The van der Waals surface area contributed by atoms with Crippen LogP contribution in [0.1, 0.15) is 24.8 Å². The molecule has 1 fully saturated rings. The van der Waals surface area contributed by atoms with Gasteiger partial charge in [-0.2, -0.15) is 0 Å². The fourth-order valence-corrected chi connectivity index (χ4v) is 3.45. The van der Waals surface area contributed by atoms with Crippen LogP contribution in [0.2, 0.25) is 0 Å². The van der Waals surface area contributed by atoms with E-state index in [-0.39, 0.29) is 16.2 Å². The number of aromatic amines is 1. The van der Waals surface area contributed by atoms with E-state index < -0.39 is 5.56 Å². The summed E-state index contributed by atoms with van der Waals surface area (Å²) in [5.41, 5.74) is 0.263. The number of ether oxygens (including phenoxy) is 1. The second kappa shape index (κ2) is 8.96. The zero-order valence-corrected chi connectivity index (χ0v) is 16.2. The number of aromatic hydroxyl groups is 1. The van der Waals surface area contributed by atoms with Gasteiger partial charge in [0.15, 0.2) is 4.77 Å². The number of aliphatic imine (C=N–C) groups is 1. The summed E-state index contributed by atoms with van der Waals surface area (Å²) in [6.45, 7) is 3.64. The molecule has 0 unspecified atom stereocenters. The molecule has 1 aliphatic heterocycles. The number of aromatic nitrogens is 2. The van der Waals surface area contributed by atoms with Crippen LogP contribution >= 0.6 is 12.2 Å². The molecule has 2 N–H and O–H groups in total. The van der Waals surface area contributed by atoms with Gasteiger partial charge < -0.3 is 14.7 Å². The minimum Gasteiger partial charge on any atom is -0.497 e. The lowest BCUT2D eigenvalue weighted by Gasteiger charge is -2.25. The molecule has 1 aromatic carbocycles. The van der Waals surface area contributed by atoms with E-state index in [9.17, 15) is 9.90 Å². The van der Waals surface area contributed by atoms with Crippen molar-refractivity contribution in [3.05, 3.63) is 45.0 Å². The predicted molar refractivity (Wildman–Crippen MR) is 108 cm³/mol. The van der Waals surface area contributed by atoms with E-state index in [4.69, 9.17) is 17.0 Å². The highest BCUT2D eigenvalue weighted by atomic mass is 32.1. The Morgan fingerprint density at radius 1 is 1.26 bits per heavy atom. The van der Waals surface area contributed by atoms with Crippen molar-refractivity contribution in [2.45, 2.75) is 19.3 Å². The maximum Gasteiger partial charge on any atom is 0.264 e. The molecule has 0 aliphatic carbocycles. The first-order valence-corrected chi connectivity index (χ1v) is 9.46. The number of nitrogens with zero attached hydrogens (tertiary/aromatic N) is 3. The Morgan fingerprint density at radius 3 is 2.63 bits per heavy atom. The fourth-order valence-electron chi connectivity index (χ4n) is 3.16. The number of piperidine rings is 1. The van der Waals surface area contributed by atoms with Gasteiger partial charge in [0.05, 0.1) is 19.3 Å². The van der Waals surface area contributed by atoms with Crippen LogP contribution in [-0.2, 0) is 0 Å². The molecule has 0 saturated carbocycles. The summed E-state index contributed by atoms with van der Waals surface area (Å²) >= 11 is 5.22. The van der Waals surface area contributed by atoms with Crippen molar-refractivity contribution in [3.8, 4) is 17.3 Å². The molecule has 1 aliphatic rings. The quantitative estimate of drug-likeness (QED) is 0.587. The van der Waals surface area contributed by atoms with Crippen molar-refractivity contribution in [3.63, 3.8) is 0 Å². The Bertz CT molecular complexity index is 912. The van der Waals surface area contributed by atoms with Gasteiger partial charge in [0, 0.05) is 12.8 Å². The van der Waals surface area contributed by atoms with Gasteiger partial charge in [0.25, 0.3) is 5.56 Å².